The van der Waals surface area contributed by atoms with Crippen LogP contribution in [-0.2, 0) is 16.0 Å². The van der Waals surface area contributed by atoms with E-state index < -0.39 is 0 Å². The molecule has 1 unspecified atom stereocenters. The Morgan fingerprint density at radius 1 is 1.38 bits per heavy atom. The van der Waals surface area contributed by atoms with Crippen LogP contribution in [0.25, 0.3) is 0 Å². The minimum Gasteiger partial charge on any atom is -0.378 e. The molecule has 24 heavy (non-hydrogen) atoms. The van der Waals surface area contributed by atoms with Crippen LogP contribution in [-0.4, -0.2) is 37.6 Å². The third-order valence-electron chi connectivity index (χ3n) is 4.71. The zero-order valence-corrected chi connectivity index (χ0v) is 13.9. The first kappa shape index (κ1) is 16.7. The lowest BCUT2D eigenvalue weighted by Gasteiger charge is -2.29. The molecule has 0 radical (unpaired) electrons. The molecule has 0 spiro atoms. The number of benzene rings is 1. The summed E-state index contributed by atoms with van der Waals surface area (Å²) in [6, 6.07) is 5.57. The topological polar surface area (TPSA) is 58.6 Å². The average molecular weight is 328 g/mol. The monoisotopic (exact) mass is 328 g/mol. The van der Waals surface area contributed by atoms with Crippen LogP contribution in [0.3, 0.4) is 0 Å². The predicted molar refractivity (Wildman–Crippen MR) is 93.2 cm³/mol. The van der Waals surface area contributed by atoms with Gasteiger partial charge in [0.25, 0.3) is 5.91 Å². The molecule has 2 aliphatic rings. The second kappa shape index (κ2) is 7.62. The third kappa shape index (κ3) is 3.51. The summed E-state index contributed by atoms with van der Waals surface area (Å²) in [5, 5.41) is 2.99. The van der Waals surface area contributed by atoms with Gasteiger partial charge in [-0.1, -0.05) is 12.6 Å². The number of anilines is 1. The zero-order valence-electron chi connectivity index (χ0n) is 13.9. The molecule has 128 valence electrons. The van der Waals surface area contributed by atoms with Gasteiger partial charge in [-0.15, -0.1) is 0 Å². The minimum atomic E-state index is -0.119. The van der Waals surface area contributed by atoms with E-state index in [1.807, 2.05) is 18.2 Å². The van der Waals surface area contributed by atoms with Crippen molar-refractivity contribution in [3.63, 3.8) is 0 Å². The van der Waals surface area contributed by atoms with Gasteiger partial charge in [0.2, 0.25) is 5.91 Å². The Kier molecular flexibility index (Phi) is 5.30. The van der Waals surface area contributed by atoms with Crippen molar-refractivity contribution in [2.75, 3.05) is 24.6 Å². The standard InChI is InChI=1S/C19H24N2O3/c1-2-18(22)21-12-4-8-15-16(7-3-9-17(15)21)19(23)20-11-10-14-6-5-13-24-14/h2-3,7,9,14H,1,4-6,8,10-13H2,(H,20,23). The Morgan fingerprint density at radius 2 is 2.25 bits per heavy atom. The molecule has 1 fully saturated rings. The van der Waals surface area contributed by atoms with Crippen LogP contribution in [0.2, 0.25) is 0 Å². The Labute approximate surface area is 142 Å². The molecular weight excluding hydrogens is 304 g/mol. The summed E-state index contributed by atoms with van der Waals surface area (Å²) >= 11 is 0. The number of nitrogens with one attached hydrogen (secondary N) is 1. The van der Waals surface area contributed by atoms with Crippen LogP contribution in [0, 0.1) is 0 Å². The van der Waals surface area contributed by atoms with Crippen molar-refractivity contribution in [3.8, 4) is 0 Å². The van der Waals surface area contributed by atoms with Crippen molar-refractivity contribution in [3.05, 3.63) is 42.0 Å². The second-order valence-electron chi connectivity index (χ2n) is 6.28. The summed E-state index contributed by atoms with van der Waals surface area (Å²) in [6.07, 6.45) is 6.30. The number of carbonyl (C=O) groups is 2. The number of carbonyl (C=O) groups excluding carboxylic acids is 2. The number of hydrogen-bond donors (Lipinski definition) is 1. The fraction of sp³-hybridized carbons (Fsp3) is 0.474. The first-order valence-electron chi connectivity index (χ1n) is 8.66. The number of ether oxygens (including phenoxy) is 1. The van der Waals surface area contributed by atoms with E-state index in [9.17, 15) is 9.59 Å². The zero-order chi connectivity index (χ0) is 16.9. The van der Waals surface area contributed by atoms with Gasteiger partial charge in [-0.25, -0.2) is 0 Å². The molecule has 2 aliphatic heterocycles. The van der Waals surface area contributed by atoms with Gasteiger partial charge < -0.3 is 15.0 Å². The normalized spacial score (nSPS) is 19.7. The van der Waals surface area contributed by atoms with E-state index in [2.05, 4.69) is 11.9 Å². The molecule has 0 aliphatic carbocycles. The van der Waals surface area contributed by atoms with Crippen LogP contribution < -0.4 is 10.2 Å². The quantitative estimate of drug-likeness (QED) is 0.845. The maximum Gasteiger partial charge on any atom is 0.251 e. The van der Waals surface area contributed by atoms with Gasteiger partial charge in [0.1, 0.15) is 0 Å². The molecule has 1 atom stereocenters. The summed E-state index contributed by atoms with van der Waals surface area (Å²) in [6.45, 7) is 5.68. The van der Waals surface area contributed by atoms with E-state index in [4.69, 9.17) is 4.74 Å². The lowest BCUT2D eigenvalue weighted by atomic mass is 9.95. The van der Waals surface area contributed by atoms with E-state index >= 15 is 0 Å². The van der Waals surface area contributed by atoms with Crippen LogP contribution in [0.5, 0.6) is 0 Å². The Bertz CT molecular complexity index is 635. The van der Waals surface area contributed by atoms with E-state index in [1.54, 1.807) is 4.90 Å². The number of rotatable bonds is 5. The lowest BCUT2D eigenvalue weighted by molar-refractivity contribution is -0.114. The van der Waals surface area contributed by atoms with Crippen molar-refractivity contribution in [1.82, 2.24) is 5.32 Å². The first-order chi connectivity index (χ1) is 11.7. The Morgan fingerprint density at radius 3 is 3.00 bits per heavy atom. The largest absolute Gasteiger partial charge is 0.378 e. The van der Waals surface area contributed by atoms with Crippen molar-refractivity contribution < 1.29 is 14.3 Å². The van der Waals surface area contributed by atoms with Gasteiger partial charge >= 0.3 is 0 Å². The van der Waals surface area contributed by atoms with Gasteiger partial charge in [-0.05, 0) is 55.9 Å². The van der Waals surface area contributed by atoms with Crippen molar-refractivity contribution in [1.29, 1.82) is 0 Å². The molecule has 0 bridgehead atoms. The van der Waals surface area contributed by atoms with Crippen LogP contribution in [0.15, 0.2) is 30.9 Å². The molecule has 0 aromatic heterocycles. The molecule has 2 heterocycles. The third-order valence-corrected chi connectivity index (χ3v) is 4.71. The maximum atomic E-state index is 12.6. The Balaban J connectivity index is 1.70. The molecule has 1 aromatic carbocycles. The average Bonchev–Trinajstić information content (AvgIpc) is 3.13. The lowest BCUT2D eigenvalue weighted by Crippen LogP contribution is -2.35. The summed E-state index contributed by atoms with van der Waals surface area (Å²) < 4.78 is 5.58. The smallest absolute Gasteiger partial charge is 0.251 e. The van der Waals surface area contributed by atoms with Gasteiger partial charge in [-0.2, -0.15) is 0 Å². The van der Waals surface area contributed by atoms with Gasteiger partial charge in [0.05, 0.1) is 6.10 Å². The van der Waals surface area contributed by atoms with Gasteiger partial charge in [-0.3, -0.25) is 9.59 Å². The maximum absolute atomic E-state index is 12.6. The number of nitrogens with zero attached hydrogens (tertiary/aromatic N) is 1. The highest BCUT2D eigenvalue weighted by Gasteiger charge is 2.25. The Hall–Kier alpha value is -2.14. The van der Waals surface area contributed by atoms with E-state index in [0.29, 0.717) is 18.7 Å². The van der Waals surface area contributed by atoms with Crippen molar-refractivity contribution in [2.45, 2.75) is 38.2 Å². The second-order valence-corrected chi connectivity index (χ2v) is 6.28. The highest BCUT2D eigenvalue weighted by atomic mass is 16.5. The van der Waals surface area contributed by atoms with Crippen LogP contribution in [0.1, 0.15) is 41.6 Å². The highest BCUT2D eigenvalue weighted by Crippen LogP contribution is 2.30. The number of fused-ring (bicyclic) bond motifs is 1. The molecule has 3 rings (SSSR count). The summed E-state index contributed by atoms with van der Waals surface area (Å²) in [4.78, 5) is 26.3. The summed E-state index contributed by atoms with van der Waals surface area (Å²) in [7, 11) is 0. The van der Waals surface area contributed by atoms with Crippen LogP contribution >= 0.6 is 0 Å². The van der Waals surface area contributed by atoms with Crippen molar-refractivity contribution in [2.24, 2.45) is 0 Å². The molecule has 5 nitrogen and oxygen atoms in total. The molecule has 5 heteroatoms. The molecule has 1 aromatic rings. The fourth-order valence-electron chi connectivity index (χ4n) is 3.49. The molecule has 1 saturated heterocycles. The fourth-order valence-corrected chi connectivity index (χ4v) is 3.49. The van der Waals surface area contributed by atoms with Crippen LogP contribution in [0.4, 0.5) is 5.69 Å². The number of hydrogen-bond acceptors (Lipinski definition) is 3. The molecule has 1 N–H and O–H groups in total. The van der Waals surface area contributed by atoms with Gasteiger partial charge in [0.15, 0.2) is 0 Å². The number of amides is 2. The molecule has 2 amide bonds. The summed E-state index contributed by atoms with van der Waals surface area (Å²) in [5.74, 6) is -0.190. The highest BCUT2D eigenvalue weighted by molar-refractivity contribution is 6.04. The van der Waals surface area contributed by atoms with E-state index in [1.165, 1.54) is 6.08 Å². The van der Waals surface area contributed by atoms with E-state index in [0.717, 1.165) is 50.0 Å². The van der Waals surface area contributed by atoms with Crippen molar-refractivity contribution >= 4 is 17.5 Å². The van der Waals surface area contributed by atoms with Gasteiger partial charge in [0, 0.05) is 30.9 Å². The van der Waals surface area contributed by atoms with E-state index in [-0.39, 0.29) is 17.9 Å². The minimum absolute atomic E-state index is 0.0715. The SMILES string of the molecule is C=CC(=O)N1CCCc2c(C(=O)NCCC3CCCO3)cccc21. The molecule has 0 saturated carbocycles. The predicted octanol–water partition coefficient (Wildman–Crippen LogP) is 2.45. The first-order valence-corrected chi connectivity index (χ1v) is 8.66. The summed E-state index contributed by atoms with van der Waals surface area (Å²) in [5.41, 5.74) is 2.45. The molecular formula is C19H24N2O3.